The molecule has 0 saturated carbocycles. The Kier molecular flexibility index (Phi) is 6.81. The van der Waals surface area contributed by atoms with Crippen LogP contribution in [-0.4, -0.2) is 51.3 Å². The second kappa shape index (κ2) is 9.20. The van der Waals surface area contributed by atoms with E-state index in [0.717, 1.165) is 29.5 Å². The number of hydrogen-bond donors (Lipinski definition) is 0. The Morgan fingerprint density at radius 1 is 0.968 bits per heavy atom. The Morgan fingerprint density at radius 2 is 1.61 bits per heavy atom. The van der Waals surface area contributed by atoms with Crippen LogP contribution in [0.25, 0.3) is 0 Å². The van der Waals surface area contributed by atoms with Gasteiger partial charge in [-0.05, 0) is 74.6 Å². The summed E-state index contributed by atoms with van der Waals surface area (Å²) in [4.78, 5) is 25.0. The molecule has 1 heterocycles. The van der Waals surface area contributed by atoms with E-state index in [-0.39, 0.29) is 22.0 Å². The Bertz CT molecular complexity index is 1120. The minimum atomic E-state index is -3.79. The van der Waals surface area contributed by atoms with E-state index in [2.05, 4.69) is 0 Å². The van der Waals surface area contributed by atoms with Crippen molar-refractivity contribution in [1.29, 1.82) is 0 Å². The average molecular weight is 446 g/mol. The third-order valence-electron chi connectivity index (χ3n) is 5.56. The lowest BCUT2D eigenvalue weighted by molar-refractivity contribution is 0.0474. The van der Waals surface area contributed by atoms with Gasteiger partial charge in [0.25, 0.3) is 0 Å². The lowest BCUT2D eigenvalue weighted by Crippen LogP contribution is -2.28. The number of rotatable bonds is 7. The van der Waals surface area contributed by atoms with E-state index in [9.17, 15) is 18.0 Å². The maximum atomic E-state index is 13.0. The Balaban J connectivity index is 1.79. The minimum absolute atomic E-state index is 0.0446. The van der Waals surface area contributed by atoms with E-state index >= 15 is 0 Å². The van der Waals surface area contributed by atoms with Crippen molar-refractivity contribution in [2.75, 3.05) is 26.8 Å². The third kappa shape index (κ3) is 4.80. The molecule has 0 radical (unpaired) electrons. The second-order valence-electron chi connectivity index (χ2n) is 7.73. The summed E-state index contributed by atoms with van der Waals surface area (Å²) in [5.74, 6) is -0.923. The monoisotopic (exact) mass is 445 g/mol. The van der Waals surface area contributed by atoms with Gasteiger partial charge in [0.1, 0.15) is 10.6 Å². The van der Waals surface area contributed by atoms with Crippen molar-refractivity contribution in [2.24, 2.45) is 0 Å². The summed E-state index contributed by atoms with van der Waals surface area (Å²) in [6, 6.07) is 7.81. The molecule has 166 valence electrons. The maximum Gasteiger partial charge on any atom is 0.338 e. The topological polar surface area (TPSA) is 90.0 Å². The van der Waals surface area contributed by atoms with Gasteiger partial charge < -0.3 is 9.47 Å². The molecular formula is C23H27NO6S. The number of sulfonamides is 1. The van der Waals surface area contributed by atoms with Crippen LogP contribution in [0.2, 0.25) is 0 Å². The van der Waals surface area contributed by atoms with E-state index in [1.54, 1.807) is 6.07 Å². The number of aryl methyl sites for hydroxylation is 3. The molecule has 0 spiro atoms. The van der Waals surface area contributed by atoms with Crippen molar-refractivity contribution >= 4 is 21.8 Å². The van der Waals surface area contributed by atoms with E-state index in [4.69, 9.17) is 9.47 Å². The molecule has 0 bridgehead atoms. The normalized spacial score (nSPS) is 14.5. The van der Waals surface area contributed by atoms with Crippen molar-refractivity contribution in [3.63, 3.8) is 0 Å². The molecule has 2 aromatic carbocycles. The van der Waals surface area contributed by atoms with Crippen LogP contribution in [0.1, 0.15) is 50.2 Å². The van der Waals surface area contributed by atoms with Gasteiger partial charge in [-0.1, -0.05) is 6.07 Å². The number of Topliss-reactive ketones (excluding diaryl/α,β-unsaturated/α-hetero) is 1. The number of ether oxygens (including phenoxy) is 2. The molecule has 2 aromatic rings. The molecule has 31 heavy (non-hydrogen) atoms. The summed E-state index contributed by atoms with van der Waals surface area (Å²) in [6.07, 6.45) is 1.59. The number of esters is 1. The van der Waals surface area contributed by atoms with E-state index in [1.807, 2.05) is 26.8 Å². The van der Waals surface area contributed by atoms with Crippen LogP contribution >= 0.6 is 0 Å². The largest absolute Gasteiger partial charge is 0.495 e. The highest BCUT2D eigenvalue weighted by molar-refractivity contribution is 7.89. The Labute approximate surface area is 183 Å². The van der Waals surface area contributed by atoms with Crippen LogP contribution in [0.3, 0.4) is 0 Å². The fourth-order valence-electron chi connectivity index (χ4n) is 3.63. The first-order valence-electron chi connectivity index (χ1n) is 10.1. The number of nitrogens with zero attached hydrogens (tertiary/aromatic N) is 1. The molecule has 0 aromatic heterocycles. The molecule has 0 aliphatic carbocycles. The number of carbonyl (C=O) groups is 2. The fourth-order valence-corrected chi connectivity index (χ4v) is 5.32. The number of benzene rings is 2. The van der Waals surface area contributed by atoms with Gasteiger partial charge in [-0.2, -0.15) is 4.31 Å². The predicted molar refractivity (Wildman–Crippen MR) is 116 cm³/mol. The zero-order valence-electron chi connectivity index (χ0n) is 18.2. The lowest BCUT2D eigenvalue weighted by Gasteiger charge is -2.18. The summed E-state index contributed by atoms with van der Waals surface area (Å²) in [6.45, 7) is 6.15. The van der Waals surface area contributed by atoms with Gasteiger partial charge in [0.15, 0.2) is 6.61 Å². The summed E-state index contributed by atoms with van der Waals surface area (Å²) in [7, 11) is -2.42. The zero-order chi connectivity index (χ0) is 22.8. The maximum absolute atomic E-state index is 13.0. The van der Waals surface area contributed by atoms with Crippen LogP contribution in [-0.2, 0) is 14.8 Å². The van der Waals surface area contributed by atoms with Gasteiger partial charge in [0.2, 0.25) is 15.8 Å². The van der Waals surface area contributed by atoms with E-state index < -0.39 is 22.6 Å². The summed E-state index contributed by atoms with van der Waals surface area (Å²) in [5, 5.41) is 0. The van der Waals surface area contributed by atoms with Crippen LogP contribution < -0.4 is 4.74 Å². The smallest absolute Gasteiger partial charge is 0.338 e. The molecular weight excluding hydrogens is 418 g/mol. The van der Waals surface area contributed by atoms with E-state index in [0.29, 0.717) is 18.7 Å². The van der Waals surface area contributed by atoms with Gasteiger partial charge in [-0.15, -0.1) is 0 Å². The summed E-state index contributed by atoms with van der Waals surface area (Å²) >= 11 is 0. The van der Waals surface area contributed by atoms with Crippen LogP contribution in [0.4, 0.5) is 0 Å². The number of methoxy groups -OCH3 is 1. The first kappa shape index (κ1) is 23.0. The SMILES string of the molecule is COc1ccc(C(=O)OCC(=O)c2cc(C)c(C)cc2C)cc1S(=O)(=O)N1CCCC1. The van der Waals surface area contributed by atoms with Crippen molar-refractivity contribution in [3.05, 3.63) is 58.1 Å². The molecule has 0 atom stereocenters. The van der Waals surface area contributed by atoms with E-state index in [1.165, 1.54) is 29.6 Å². The summed E-state index contributed by atoms with van der Waals surface area (Å²) in [5.41, 5.74) is 3.42. The molecule has 0 amide bonds. The van der Waals surface area contributed by atoms with Gasteiger partial charge in [-0.3, -0.25) is 4.79 Å². The Morgan fingerprint density at radius 3 is 2.26 bits per heavy atom. The highest BCUT2D eigenvalue weighted by Crippen LogP contribution is 2.30. The second-order valence-corrected chi connectivity index (χ2v) is 9.63. The number of hydrogen-bond acceptors (Lipinski definition) is 6. The number of carbonyl (C=O) groups excluding carboxylic acids is 2. The molecule has 3 rings (SSSR count). The molecule has 1 aliphatic rings. The lowest BCUT2D eigenvalue weighted by atomic mass is 9.98. The van der Waals surface area contributed by atoms with Crippen molar-refractivity contribution in [1.82, 2.24) is 4.31 Å². The quantitative estimate of drug-likeness (QED) is 0.479. The van der Waals surface area contributed by atoms with Crippen LogP contribution in [0.5, 0.6) is 5.75 Å². The van der Waals surface area contributed by atoms with Crippen molar-refractivity contribution in [3.8, 4) is 5.75 Å². The minimum Gasteiger partial charge on any atom is -0.495 e. The van der Waals surface area contributed by atoms with Gasteiger partial charge in [0.05, 0.1) is 12.7 Å². The molecule has 0 N–H and O–H groups in total. The first-order chi connectivity index (χ1) is 14.6. The zero-order valence-corrected chi connectivity index (χ0v) is 19.0. The van der Waals surface area contributed by atoms with Crippen LogP contribution in [0.15, 0.2) is 35.2 Å². The van der Waals surface area contributed by atoms with Gasteiger partial charge in [-0.25, -0.2) is 13.2 Å². The Hall–Kier alpha value is -2.71. The van der Waals surface area contributed by atoms with Gasteiger partial charge in [0, 0.05) is 18.7 Å². The molecule has 7 nitrogen and oxygen atoms in total. The summed E-state index contributed by atoms with van der Waals surface area (Å²) < 4.78 is 37.7. The predicted octanol–water partition coefficient (Wildman–Crippen LogP) is 3.44. The molecule has 1 saturated heterocycles. The highest BCUT2D eigenvalue weighted by atomic mass is 32.2. The molecule has 0 unspecified atom stereocenters. The number of ketones is 1. The third-order valence-corrected chi connectivity index (χ3v) is 7.48. The fraction of sp³-hybridized carbons (Fsp3) is 0.391. The van der Waals surface area contributed by atoms with Crippen LogP contribution in [0, 0.1) is 20.8 Å². The standard InChI is InChI=1S/C23H27NO6S/c1-15-11-17(3)19(12-16(15)2)20(25)14-30-23(26)18-7-8-21(29-4)22(13-18)31(27,28)24-9-5-6-10-24/h7-8,11-13H,5-6,9-10,14H2,1-4H3. The average Bonchev–Trinajstić information content (AvgIpc) is 3.29. The molecule has 1 fully saturated rings. The van der Waals surface area contributed by atoms with Crippen molar-refractivity contribution < 1.29 is 27.5 Å². The van der Waals surface area contributed by atoms with Gasteiger partial charge >= 0.3 is 5.97 Å². The molecule has 8 heteroatoms. The molecule has 1 aliphatic heterocycles. The van der Waals surface area contributed by atoms with Crippen molar-refractivity contribution in [2.45, 2.75) is 38.5 Å². The first-order valence-corrected chi connectivity index (χ1v) is 11.6. The highest BCUT2D eigenvalue weighted by Gasteiger charge is 2.31.